The average molecular weight is 292 g/mol. The Kier molecular flexibility index (Phi) is 4.87. The third-order valence-electron chi connectivity index (χ3n) is 2.58. The Morgan fingerprint density at radius 2 is 2.12 bits per heavy atom. The summed E-state index contributed by atoms with van der Waals surface area (Å²) in [7, 11) is 0. The third kappa shape index (κ3) is 3.52. The van der Waals surface area contributed by atoms with Crippen LogP contribution < -0.4 is 5.73 Å². The maximum atomic E-state index is 14.2. The van der Waals surface area contributed by atoms with E-state index in [1.54, 1.807) is 12.1 Å². The molecule has 0 saturated heterocycles. The molecular weight excluding hydrogens is 276 g/mol. The molecule has 1 nitrogen and oxygen atoms in total. The van der Waals surface area contributed by atoms with E-state index in [1.165, 1.54) is 6.07 Å². The Hall–Kier alpha value is -0.480. The molecule has 16 heavy (non-hydrogen) atoms. The quantitative estimate of drug-likeness (QED) is 0.881. The predicted molar refractivity (Wildman–Crippen MR) is 65.6 cm³/mol. The van der Waals surface area contributed by atoms with Crippen LogP contribution in [0.2, 0.25) is 0 Å². The fourth-order valence-electron chi connectivity index (χ4n) is 1.73. The molecular formula is C12H16BrF2N. The molecule has 0 aromatic heterocycles. The lowest BCUT2D eigenvalue weighted by atomic mass is 9.92. The van der Waals surface area contributed by atoms with Gasteiger partial charge in [-0.1, -0.05) is 29.3 Å². The highest BCUT2D eigenvalue weighted by Crippen LogP contribution is 2.26. The van der Waals surface area contributed by atoms with Gasteiger partial charge in [-0.25, -0.2) is 8.78 Å². The van der Waals surface area contributed by atoms with Gasteiger partial charge in [0.15, 0.2) is 0 Å². The first-order valence-corrected chi connectivity index (χ1v) is 6.13. The van der Waals surface area contributed by atoms with E-state index in [2.05, 4.69) is 15.9 Å². The minimum atomic E-state index is -1.50. The van der Waals surface area contributed by atoms with E-state index >= 15 is 0 Å². The molecule has 1 atom stereocenters. The number of halogens is 3. The Labute approximate surface area is 103 Å². The molecule has 0 spiro atoms. The van der Waals surface area contributed by atoms with E-state index in [0.29, 0.717) is 18.4 Å². The van der Waals surface area contributed by atoms with Crippen molar-refractivity contribution in [1.29, 1.82) is 0 Å². The maximum Gasteiger partial charge on any atom is 0.127 e. The van der Waals surface area contributed by atoms with Crippen molar-refractivity contribution in [1.82, 2.24) is 0 Å². The van der Waals surface area contributed by atoms with E-state index in [-0.39, 0.29) is 18.8 Å². The molecule has 90 valence electrons. The molecule has 0 aliphatic heterocycles. The zero-order chi connectivity index (χ0) is 12.2. The highest BCUT2D eigenvalue weighted by molar-refractivity contribution is 9.10. The van der Waals surface area contributed by atoms with E-state index in [1.807, 2.05) is 6.92 Å². The van der Waals surface area contributed by atoms with Gasteiger partial charge in [-0.2, -0.15) is 0 Å². The Morgan fingerprint density at radius 1 is 1.44 bits per heavy atom. The first-order valence-electron chi connectivity index (χ1n) is 5.33. The lowest BCUT2D eigenvalue weighted by Crippen LogP contribution is -2.35. The second-order valence-corrected chi connectivity index (χ2v) is 4.93. The van der Waals surface area contributed by atoms with E-state index in [9.17, 15) is 8.78 Å². The lowest BCUT2D eigenvalue weighted by Gasteiger charge is -2.23. The Morgan fingerprint density at radius 3 is 2.69 bits per heavy atom. The van der Waals surface area contributed by atoms with Gasteiger partial charge in [-0.15, -0.1) is 0 Å². The van der Waals surface area contributed by atoms with Gasteiger partial charge < -0.3 is 5.73 Å². The van der Waals surface area contributed by atoms with Crippen molar-refractivity contribution >= 4 is 15.9 Å². The van der Waals surface area contributed by atoms with Crippen LogP contribution in [0.1, 0.15) is 25.3 Å². The van der Waals surface area contributed by atoms with Gasteiger partial charge in [-0.3, -0.25) is 0 Å². The highest BCUT2D eigenvalue weighted by Gasteiger charge is 2.28. The van der Waals surface area contributed by atoms with Gasteiger partial charge in [0.25, 0.3) is 0 Å². The van der Waals surface area contributed by atoms with Gasteiger partial charge in [0.2, 0.25) is 0 Å². The Bertz CT molecular complexity index is 357. The van der Waals surface area contributed by atoms with Crippen molar-refractivity contribution in [3.63, 3.8) is 0 Å². The van der Waals surface area contributed by atoms with Crippen molar-refractivity contribution in [3.8, 4) is 0 Å². The van der Waals surface area contributed by atoms with Crippen LogP contribution in [0.25, 0.3) is 0 Å². The van der Waals surface area contributed by atoms with Crippen LogP contribution in [0.5, 0.6) is 0 Å². The Balaban J connectivity index is 2.89. The summed E-state index contributed by atoms with van der Waals surface area (Å²) in [6.07, 6.45) is 1.08. The highest BCUT2D eigenvalue weighted by atomic mass is 79.9. The van der Waals surface area contributed by atoms with Gasteiger partial charge in [0, 0.05) is 17.4 Å². The molecule has 0 bridgehead atoms. The summed E-state index contributed by atoms with van der Waals surface area (Å²) in [5, 5.41) is 0. The SMILES string of the molecule is CCCC(F)(CN)Cc1cc(Br)ccc1F. The molecule has 2 N–H and O–H groups in total. The summed E-state index contributed by atoms with van der Waals surface area (Å²) >= 11 is 3.24. The van der Waals surface area contributed by atoms with Gasteiger partial charge in [0.1, 0.15) is 11.5 Å². The molecule has 0 amide bonds. The minimum absolute atomic E-state index is 0.0304. The van der Waals surface area contributed by atoms with Crippen molar-refractivity contribution in [3.05, 3.63) is 34.1 Å². The standard InChI is InChI=1S/C12H16BrF2N/c1-2-5-12(15,8-16)7-9-6-10(13)3-4-11(9)14/h3-4,6H,2,5,7-8,16H2,1H3. The summed E-state index contributed by atoms with van der Waals surface area (Å²) in [6, 6.07) is 4.54. The number of nitrogens with two attached hydrogens (primary N) is 1. The topological polar surface area (TPSA) is 26.0 Å². The smallest absolute Gasteiger partial charge is 0.127 e. The number of rotatable bonds is 5. The molecule has 0 fully saturated rings. The summed E-state index contributed by atoms with van der Waals surface area (Å²) in [5.74, 6) is -0.380. The summed E-state index contributed by atoms with van der Waals surface area (Å²) in [6.45, 7) is 1.81. The van der Waals surface area contributed by atoms with Gasteiger partial charge in [0.05, 0.1) is 0 Å². The van der Waals surface area contributed by atoms with Crippen molar-refractivity contribution in [2.24, 2.45) is 5.73 Å². The molecule has 4 heteroatoms. The lowest BCUT2D eigenvalue weighted by molar-refractivity contribution is 0.157. The summed E-state index contributed by atoms with van der Waals surface area (Å²) in [5.41, 5.74) is 4.29. The first-order chi connectivity index (χ1) is 7.50. The number of alkyl halides is 1. The van der Waals surface area contributed by atoms with Gasteiger partial charge >= 0.3 is 0 Å². The molecule has 0 radical (unpaired) electrons. The second kappa shape index (κ2) is 5.73. The maximum absolute atomic E-state index is 14.2. The molecule has 0 aliphatic carbocycles. The van der Waals surface area contributed by atoms with E-state index in [4.69, 9.17) is 5.73 Å². The fraction of sp³-hybridized carbons (Fsp3) is 0.500. The molecule has 1 aromatic carbocycles. The van der Waals surface area contributed by atoms with Crippen molar-refractivity contribution < 1.29 is 8.78 Å². The zero-order valence-electron chi connectivity index (χ0n) is 9.27. The number of hydrogen-bond acceptors (Lipinski definition) is 1. The molecule has 0 heterocycles. The van der Waals surface area contributed by atoms with Crippen LogP contribution in [-0.4, -0.2) is 12.2 Å². The van der Waals surface area contributed by atoms with Crippen molar-refractivity contribution in [2.75, 3.05) is 6.54 Å². The molecule has 0 aliphatic rings. The fourth-order valence-corrected chi connectivity index (χ4v) is 2.14. The number of hydrogen-bond donors (Lipinski definition) is 1. The summed E-state index contributed by atoms with van der Waals surface area (Å²) in [4.78, 5) is 0. The normalized spacial score (nSPS) is 14.8. The molecule has 0 saturated carbocycles. The van der Waals surface area contributed by atoms with Gasteiger partial charge in [-0.05, 0) is 30.2 Å². The van der Waals surface area contributed by atoms with Crippen LogP contribution in [0.4, 0.5) is 8.78 Å². The van der Waals surface area contributed by atoms with Crippen molar-refractivity contribution in [2.45, 2.75) is 31.9 Å². The summed E-state index contributed by atoms with van der Waals surface area (Å²) < 4.78 is 28.4. The molecule has 1 aromatic rings. The largest absolute Gasteiger partial charge is 0.328 e. The van der Waals surface area contributed by atoms with Crippen LogP contribution in [-0.2, 0) is 6.42 Å². The van der Waals surface area contributed by atoms with E-state index in [0.717, 1.165) is 4.47 Å². The van der Waals surface area contributed by atoms with Crippen LogP contribution in [0, 0.1) is 5.82 Å². The van der Waals surface area contributed by atoms with Crippen LogP contribution >= 0.6 is 15.9 Å². The second-order valence-electron chi connectivity index (χ2n) is 4.02. The van der Waals surface area contributed by atoms with Crippen LogP contribution in [0.3, 0.4) is 0 Å². The number of benzene rings is 1. The molecule has 1 rings (SSSR count). The molecule has 1 unspecified atom stereocenters. The monoisotopic (exact) mass is 291 g/mol. The zero-order valence-corrected chi connectivity index (χ0v) is 10.9. The predicted octanol–water partition coefficient (Wildman–Crippen LogP) is 3.60. The third-order valence-corrected chi connectivity index (χ3v) is 3.07. The van der Waals surface area contributed by atoms with E-state index < -0.39 is 5.67 Å². The minimum Gasteiger partial charge on any atom is -0.328 e. The first kappa shape index (κ1) is 13.6. The average Bonchev–Trinajstić information content (AvgIpc) is 2.24. The van der Waals surface area contributed by atoms with Crippen LogP contribution in [0.15, 0.2) is 22.7 Å².